The van der Waals surface area contributed by atoms with E-state index in [1.54, 1.807) is 30.3 Å². The Hall–Kier alpha value is -3.14. The van der Waals surface area contributed by atoms with Crippen LogP contribution in [0.5, 0.6) is 5.75 Å². The normalized spacial score (nSPS) is 20.2. The van der Waals surface area contributed by atoms with Gasteiger partial charge in [0.15, 0.2) is 0 Å². The van der Waals surface area contributed by atoms with Crippen LogP contribution in [0.25, 0.3) is 0 Å². The Bertz CT molecular complexity index is 1100. The maximum atomic E-state index is 11.8. The molecule has 9 nitrogen and oxygen atoms in total. The SMILES string of the molecule is NC1=NS(=O)(=O)Cc2cccc(OC[C@H]3CCCN(c4ccc(C(=O)O)cn4)C3)c21. The number of aromatic nitrogens is 1. The van der Waals surface area contributed by atoms with E-state index in [4.69, 9.17) is 15.6 Å². The number of piperidine rings is 1. The van der Waals surface area contributed by atoms with Gasteiger partial charge in [0.1, 0.15) is 17.4 Å². The largest absolute Gasteiger partial charge is 0.492 e. The summed E-state index contributed by atoms with van der Waals surface area (Å²) in [5.41, 5.74) is 7.19. The van der Waals surface area contributed by atoms with Crippen LogP contribution in [0.3, 0.4) is 0 Å². The van der Waals surface area contributed by atoms with E-state index in [0.29, 0.717) is 23.5 Å². The molecule has 3 N–H and O–H groups in total. The van der Waals surface area contributed by atoms with Gasteiger partial charge in [0.05, 0.1) is 23.5 Å². The maximum absolute atomic E-state index is 11.8. The van der Waals surface area contributed by atoms with Crippen LogP contribution in [0, 0.1) is 5.92 Å². The predicted molar refractivity (Wildman–Crippen MR) is 111 cm³/mol. The maximum Gasteiger partial charge on any atom is 0.337 e. The monoisotopic (exact) mass is 430 g/mol. The van der Waals surface area contributed by atoms with Crippen molar-refractivity contribution < 1.29 is 23.1 Å². The zero-order valence-electron chi connectivity index (χ0n) is 16.2. The van der Waals surface area contributed by atoms with E-state index in [1.807, 2.05) is 0 Å². The molecule has 30 heavy (non-hydrogen) atoms. The number of rotatable bonds is 5. The molecule has 0 amide bonds. The van der Waals surface area contributed by atoms with Gasteiger partial charge in [-0.2, -0.15) is 0 Å². The van der Waals surface area contributed by atoms with Gasteiger partial charge < -0.3 is 20.5 Å². The number of fused-ring (bicyclic) bond motifs is 1. The summed E-state index contributed by atoms with van der Waals surface area (Å²) >= 11 is 0. The number of hydrogen-bond donors (Lipinski definition) is 2. The third-order valence-electron chi connectivity index (χ3n) is 5.26. The summed E-state index contributed by atoms with van der Waals surface area (Å²) in [5.74, 6) is 0.282. The lowest BCUT2D eigenvalue weighted by atomic mass is 9.98. The van der Waals surface area contributed by atoms with Gasteiger partial charge in [-0.25, -0.2) is 18.2 Å². The van der Waals surface area contributed by atoms with Crippen LogP contribution in [0.2, 0.25) is 0 Å². The van der Waals surface area contributed by atoms with Gasteiger partial charge in [-0.05, 0) is 36.6 Å². The topological polar surface area (TPSA) is 135 Å². The van der Waals surface area contributed by atoms with E-state index in [2.05, 4.69) is 14.3 Å². The quantitative estimate of drug-likeness (QED) is 0.731. The molecule has 158 valence electrons. The molecule has 3 heterocycles. The number of nitrogens with zero attached hydrogens (tertiary/aromatic N) is 3. The average Bonchev–Trinajstić information content (AvgIpc) is 2.71. The number of nitrogens with two attached hydrogens (primary N) is 1. The third kappa shape index (κ3) is 4.23. The molecule has 1 fully saturated rings. The van der Waals surface area contributed by atoms with Crippen LogP contribution >= 0.6 is 0 Å². The first kappa shape index (κ1) is 20.1. The molecule has 2 aromatic rings. The van der Waals surface area contributed by atoms with E-state index in [-0.39, 0.29) is 23.1 Å². The minimum Gasteiger partial charge on any atom is -0.492 e. The lowest BCUT2D eigenvalue weighted by molar-refractivity contribution is 0.0696. The van der Waals surface area contributed by atoms with Crippen molar-refractivity contribution in [1.82, 2.24) is 4.98 Å². The van der Waals surface area contributed by atoms with Crippen molar-refractivity contribution in [2.24, 2.45) is 16.0 Å². The second kappa shape index (κ2) is 7.94. The molecule has 2 aliphatic rings. The number of carboxylic acids is 1. The highest BCUT2D eigenvalue weighted by Gasteiger charge is 2.26. The van der Waals surface area contributed by atoms with Crippen LogP contribution in [-0.4, -0.2) is 50.0 Å². The van der Waals surface area contributed by atoms with Gasteiger partial charge in [0.25, 0.3) is 10.0 Å². The van der Waals surface area contributed by atoms with Crippen LogP contribution < -0.4 is 15.4 Å². The highest BCUT2D eigenvalue weighted by Crippen LogP contribution is 2.29. The number of hydrogen-bond acceptors (Lipinski definition) is 7. The summed E-state index contributed by atoms with van der Waals surface area (Å²) in [6, 6.07) is 8.51. The van der Waals surface area contributed by atoms with Crippen LogP contribution in [0.1, 0.15) is 34.3 Å². The lowest BCUT2D eigenvalue weighted by Crippen LogP contribution is -2.38. The van der Waals surface area contributed by atoms with Crippen molar-refractivity contribution in [2.75, 3.05) is 24.6 Å². The highest BCUT2D eigenvalue weighted by molar-refractivity contribution is 7.89. The number of ether oxygens (including phenoxy) is 1. The summed E-state index contributed by atoms with van der Waals surface area (Å²) in [6.45, 7) is 2.01. The number of carboxylic acid groups (broad SMARTS) is 1. The molecule has 1 atom stereocenters. The molecule has 0 radical (unpaired) electrons. The Kier molecular flexibility index (Phi) is 5.33. The number of sulfonamides is 1. The molecule has 10 heteroatoms. The van der Waals surface area contributed by atoms with Crippen LogP contribution in [0.15, 0.2) is 40.9 Å². The van der Waals surface area contributed by atoms with Crippen LogP contribution in [-0.2, 0) is 15.8 Å². The number of anilines is 1. The molecule has 0 bridgehead atoms. The van der Waals surface area contributed by atoms with Gasteiger partial charge >= 0.3 is 5.97 Å². The molecule has 0 unspecified atom stereocenters. The summed E-state index contributed by atoms with van der Waals surface area (Å²) in [7, 11) is -3.59. The minimum atomic E-state index is -3.59. The molecular formula is C20H22N4O5S. The van der Waals surface area contributed by atoms with Gasteiger partial charge in [0.2, 0.25) is 0 Å². The Morgan fingerprint density at radius 2 is 2.13 bits per heavy atom. The van der Waals surface area contributed by atoms with Crippen molar-refractivity contribution in [1.29, 1.82) is 0 Å². The molecule has 0 aliphatic carbocycles. The van der Waals surface area contributed by atoms with E-state index < -0.39 is 16.0 Å². The Labute approximate surface area is 174 Å². The molecule has 1 aromatic heterocycles. The number of amidine groups is 1. The fraction of sp³-hybridized carbons (Fsp3) is 0.350. The minimum absolute atomic E-state index is 0.0418. The van der Waals surface area contributed by atoms with Gasteiger partial charge in [0, 0.05) is 25.2 Å². The Morgan fingerprint density at radius 3 is 2.87 bits per heavy atom. The summed E-state index contributed by atoms with van der Waals surface area (Å²) in [5, 5.41) is 9.02. The number of benzene rings is 1. The second-order valence-corrected chi connectivity index (χ2v) is 9.10. The van der Waals surface area contributed by atoms with E-state index >= 15 is 0 Å². The van der Waals surface area contributed by atoms with Crippen molar-refractivity contribution in [3.05, 3.63) is 53.2 Å². The average molecular weight is 430 g/mol. The van der Waals surface area contributed by atoms with E-state index in [1.165, 1.54) is 6.20 Å². The zero-order chi connectivity index (χ0) is 21.3. The summed E-state index contributed by atoms with van der Waals surface area (Å²) in [6.07, 6.45) is 3.31. The summed E-state index contributed by atoms with van der Waals surface area (Å²) in [4.78, 5) is 17.4. The first-order valence-electron chi connectivity index (χ1n) is 9.60. The Morgan fingerprint density at radius 1 is 1.30 bits per heavy atom. The first-order valence-corrected chi connectivity index (χ1v) is 11.2. The highest BCUT2D eigenvalue weighted by atomic mass is 32.2. The molecule has 1 saturated heterocycles. The van der Waals surface area contributed by atoms with Gasteiger partial charge in [-0.3, -0.25) is 0 Å². The molecule has 1 aromatic carbocycles. The predicted octanol–water partition coefficient (Wildman–Crippen LogP) is 1.62. The van der Waals surface area contributed by atoms with Crippen molar-refractivity contribution in [2.45, 2.75) is 18.6 Å². The van der Waals surface area contributed by atoms with E-state index in [0.717, 1.165) is 31.7 Å². The van der Waals surface area contributed by atoms with Crippen LogP contribution in [0.4, 0.5) is 5.82 Å². The summed E-state index contributed by atoms with van der Waals surface area (Å²) < 4.78 is 33.3. The molecule has 2 aliphatic heterocycles. The molecule has 0 spiro atoms. The lowest BCUT2D eigenvalue weighted by Gasteiger charge is -2.33. The fourth-order valence-corrected chi connectivity index (χ4v) is 4.94. The molecule has 4 rings (SSSR count). The van der Waals surface area contributed by atoms with Crippen molar-refractivity contribution in [3.63, 3.8) is 0 Å². The van der Waals surface area contributed by atoms with Gasteiger partial charge in [-0.1, -0.05) is 12.1 Å². The molecular weight excluding hydrogens is 408 g/mol. The third-order valence-corrected chi connectivity index (χ3v) is 6.41. The van der Waals surface area contributed by atoms with Gasteiger partial charge in [-0.15, -0.1) is 4.40 Å². The Balaban J connectivity index is 1.44. The van der Waals surface area contributed by atoms with E-state index in [9.17, 15) is 13.2 Å². The van der Waals surface area contributed by atoms with Crippen molar-refractivity contribution >= 4 is 27.6 Å². The number of pyridine rings is 1. The molecule has 0 saturated carbocycles. The smallest absolute Gasteiger partial charge is 0.337 e. The standard InChI is InChI=1S/C20H22N4O5S/c21-19-18-15(12-30(27,28)23-19)4-1-5-16(18)29-11-13-3-2-8-24(10-13)17-7-6-14(9-22-17)20(25)26/h1,4-7,9,13H,2-3,8,10-12H2,(H2,21,23)(H,25,26)/t13-/m0/s1. The van der Waals surface area contributed by atoms with Crippen molar-refractivity contribution in [3.8, 4) is 5.75 Å². The number of aromatic carboxylic acids is 1. The first-order chi connectivity index (χ1) is 14.3. The fourth-order valence-electron chi connectivity index (χ4n) is 3.85. The second-order valence-electron chi connectivity index (χ2n) is 7.47. The zero-order valence-corrected chi connectivity index (χ0v) is 17.0. The number of carbonyl (C=O) groups is 1.